The molecule has 0 rings (SSSR count). The zero-order valence-corrected chi connectivity index (χ0v) is 13.1. The van der Waals surface area contributed by atoms with Gasteiger partial charge in [-0.15, -0.1) is 0 Å². The Labute approximate surface area is 114 Å². The van der Waals surface area contributed by atoms with Gasteiger partial charge in [-0.1, -0.05) is 34.6 Å². The van der Waals surface area contributed by atoms with E-state index in [0.29, 0.717) is 6.04 Å². The second kappa shape index (κ2) is 10.8. The summed E-state index contributed by atoms with van der Waals surface area (Å²) in [5.41, 5.74) is 0.268. The average Bonchev–Trinajstić information content (AvgIpc) is 2.24. The monoisotopic (exact) mass is 259 g/mol. The van der Waals surface area contributed by atoms with Gasteiger partial charge in [-0.3, -0.25) is 0 Å². The van der Waals surface area contributed by atoms with Crippen LogP contribution in [0.4, 0.5) is 0 Å². The highest BCUT2D eigenvalue weighted by atomic mass is 16.5. The van der Waals surface area contributed by atoms with E-state index >= 15 is 0 Å². The first-order valence-corrected chi connectivity index (χ1v) is 7.31. The van der Waals surface area contributed by atoms with Crippen molar-refractivity contribution in [2.75, 3.05) is 33.0 Å². The highest BCUT2D eigenvalue weighted by Gasteiger charge is 2.09. The third-order valence-corrected chi connectivity index (χ3v) is 2.38. The maximum atomic E-state index is 5.58. The van der Waals surface area contributed by atoms with Crippen molar-refractivity contribution in [1.29, 1.82) is 0 Å². The Morgan fingerprint density at radius 1 is 0.889 bits per heavy atom. The molecule has 0 spiro atoms. The van der Waals surface area contributed by atoms with E-state index in [0.717, 1.165) is 45.8 Å². The quantitative estimate of drug-likeness (QED) is 0.578. The normalized spacial score (nSPS) is 12.3. The lowest BCUT2D eigenvalue weighted by molar-refractivity contribution is 0.0478. The summed E-state index contributed by atoms with van der Waals surface area (Å²) in [6.45, 7) is 15.3. The van der Waals surface area contributed by atoms with Crippen LogP contribution in [-0.2, 0) is 9.47 Å². The molecular formula is C15H33NO2. The van der Waals surface area contributed by atoms with Gasteiger partial charge in [0.25, 0.3) is 0 Å². The predicted octanol–water partition coefficient (Wildman–Crippen LogP) is 3.23. The highest BCUT2D eigenvalue weighted by molar-refractivity contribution is 4.58. The van der Waals surface area contributed by atoms with Crippen molar-refractivity contribution in [2.24, 2.45) is 5.41 Å². The van der Waals surface area contributed by atoms with Gasteiger partial charge in [0.05, 0.1) is 6.61 Å². The predicted molar refractivity (Wildman–Crippen MR) is 78.1 cm³/mol. The highest BCUT2D eigenvalue weighted by Crippen LogP contribution is 2.12. The van der Waals surface area contributed by atoms with Crippen molar-refractivity contribution in [2.45, 2.75) is 59.9 Å². The first kappa shape index (κ1) is 17.9. The third-order valence-electron chi connectivity index (χ3n) is 2.38. The molecule has 0 aliphatic rings. The molecule has 0 amide bonds. The van der Waals surface area contributed by atoms with Gasteiger partial charge in [0.1, 0.15) is 0 Å². The Bertz CT molecular complexity index is 176. The minimum absolute atomic E-state index is 0.268. The second-order valence-corrected chi connectivity index (χ2v) is 6.40. The van der Waals surface area contributed by atoms with Gasteiger partial charge in [-0.05, 0) is 31.2 Å². The van der Waals surface area contributed by atoms with Gasteiger partial charge >= 0.3 is 0 Å². The first-order valence-electron chi connectivity index (χ1n) is 7.31. The molecule has 0 fully saturated rings. The van der Waals surface area contributed by atoms with Gasteiger partial charge in [0, 0.05) is 25.9 Å². The lowest BCUT2D eigenvalue weighted by Crippen LogP contribution is -2.23. The molecule has 0 atom stereocenters. The Balaban J connectivity index is 3.04. The maximum absolute atomic E-state index is 5.58. The van der Waals surface area contributed by atoms with Gasteiger partial charge in [-0.2, -0.15) is 0 Å². The van der Waals surface area contributed by atoms with Crippen LogP contribution < -0.4 is 5.32 Å². The van der Waals surface area contributed by atoms with Crippen molar-refractivity contribution in [3.8, 4) is 0 Å². The minimum atomic E-state index is 0.268. The van der Waals surface area contributed by atoms with Crippen LogP contribution in [0.5, 0.6) is 0 Å². The molecule has 0 aliphatic heterocycles. The third kappa shape index (κ3) is 15.9. The fourth-order valence-corrected chi connectivity index (χ4v) is 1.46. The Morgan fingerprint density at radius 2 is 1.50 bits per heavy atom. The van der Waals surface area contributed by atoms with Crippen LogP contribution in [0.2, 0.25) is 0 Å². The molecule has 110 valence electrons. The van der Waals surface area contributed by atoms with E-state index in [4.69, 9.17) is 9.47 Å². The molecule has 3 heteroatoms. The van der Waals surface area contributed by atoms with E-state index in [1.165, 1.54) is 6.42 Å². The van der Waals surface area contributed by atoms with E-state index in [1.807, 2.05) is 0 Å². The van der Waals surface area contributed by atoms with Crippen molar-refractivity contribution in [1.82, 2.24) is 5.32 Å². The molecule has 0 aromatic heterocycles. The van der Waals surface area contributed by atoms with E-state index < -0.39 is 0 Å². The Morgan fingerprint density at radius 3 is 2.11 bits per heavy atom. The van der Waals surface area contributed by atoms with Gasteiger partial charge in [0.2, 0.25) is 0 Å². The zero-order chi connectivity index (χ0) is 13.9. The first-order chi connectivity index (χ1) is 8.42. The van der Waals surface area contributed by atoms with Gasteiger partial charge < -0.3 is 14.8 Å². The summed E-state index contributed by atoms with van der Waals surface area (Å²) in [5.74, 6) is 0. The molecule has 18 heavy (non-hydrogen) atoms. The van der Waals surface area contributed by atoms with Gasteiger partial charge in [-0.25, -0.2) is 0 Å². The van der Waals surface area contributed by atoms with E-state index in [2.05, 4.69) is 39.9 Å². The molecular weight excluding hydrogens is 226 g/mol. The Hall–Kier alpha value is -0.120. The summed E-state index contributed by atoms with van der Waals surface area (Å²) in [5, 5.41) is 3.40. The van der Waals surface area contributed by atoms with Gasteiger partial charge in [0.15, 0.2) is 0 Å². The minimum Gasteiger partial charge on any atom is -0.381 e. The molecule has 0 unspecified atom stereocenters. The summed E-state index contributed by atoms with van der Waals surface area (Å²) in [4.78, 5) is 0. The van der Waals surface area contributed by atoms with Crippen LogP contribution >= 0.6 is 0 Å². The molecule has 0 bridgehead atoms. The second-order valence-electron chi connectivity index (χ2n) is 6.40. The lowest BCUT2D eigenvalue weighted by Gasteiger charge is -2.17. The number of hydrogen-bond acceptors (Lipinski definition) is 3. The lowest BCUT2D eigenvalue weighted by atomic mass is 9.99. The summed E-state index contributed by atoms with van der Waals surface area (Å²) < 4.78 is 11.1. The van der Waals surface area contributed by atoms with E-state index in [1.54, 1.807) is 0 Å². The molecule has 3 nitrogen and oxygen atoms in total. The smallest absolute Gasteiger partial charge is 0.0514 e. The summed E-state index contributed by atoms with van der Waals surface area (Å²) in [7, 11) is 0. The van der Waals surface area contributed by atoms with Crippen molar-refractivity contribution in [3.63, 3.8) is 0 Å². The van der Waals surface area contributed by atoms with E-state index in [9.17, 15) is 0 Å². The molecule has 0 aromatic rings. The number of rotatable bonds is 11. The number of unbranched alkanes of at least 4 members (excludes halogenated alkanes) is 1. The molecule has 0 saturated heterocycles. The molecule has 0 heterocycles. The topological polar surface area (TPSA) is 30.5 Å². The zero-order valence-electron chi connectivity index (χ0n) is 13.1. The fraction of sp³-hybridized carbons (Fsp3) is 1.00. The van der Waals surface area contributed by atoms with Crippen LogP contribution in [0.3, 0.4) is 0 Å². The molecule has 0 radical (unpaired) electrons. The summed E-state index contributed by atoms with van der Waals surface area (Å²) in [6.07, 6.45) is 3.33. The van der Waals surface area contributed by atoms with Crippen molar-refractivity contribution < 1.29 is 9.47 Å². The number of hydrogen-bond donors (Lipinski definition) is 1. The molecule has 0 saturated carbocycles. The standard InChI is InChI=1S/C15H33NO2/c1-14(2)16-9-6-7-10-17-11-8-12-18-13-15(3,4)5/h14,16H,6-13H2,1-5H3. The van der Waals surface area contributed by atoms with Crippen LogP contribution in [-0.4, -0.2) is 39.0 Å². The number of ether oxygens (including phenoxy) is 2. The van der Waals surface area contributed by atoms with E-state index in [-0.39, 0.29) is 5.41 Å². The summed E-state index contributed by atoms with van der Waals surface area (Å²) in [6, 6.07) is 0.589. The fourth-order valence-electron chi connectivity index (χ4n) is 1.46. The maximum Gasteiger partial charge on any atom is 0.0514 e. The molecule has 0 aliphatic carbocycles. The molecule has 0 aromatic carbocycles. The molecule has 1 N–H and O–H groups in total. The number of nitrogens with one attached hydrogen (secondary N) is 1. The Kier molecular flexibility index (Phi) is 10.7. The average molecular weight is 259 g/mol. The van der Waals surface area contributed by atoms with Crippen LogP contribution in [0.1, 0.15) is 53.9 Å². The largest absolute Gasteiger partial charge is 0.381 e. The van der Waals surface area contributed by atoms with Crippen LogP contribution in [0.25, 0.3) is 0 Å². The van der Waals surface area contributed by atoms with Crippen LogP contribution in [0, 0.1) is 5.41 Å². The van der Waals surface area contributed by atoms with Crippen LogP contribution in [0.15, 0.2) is 0 Å². The SMILES string of the molecule is CC(C)NCCCCOCCCOCC(C)(C)C. The summed E-state index contributed by atoms with van der Waals surface area (Å²) >= 11 is 0. The van der Waals surface area contributed by atoms with Crippen molar-refractivity contribution >= 4 is 0 Å². The van der Waals surface area contributed by atoms with Crippen molar-refractivity contribution in [3.05, 3.63) is 0 Å².